The number of hydrogen-bond donors (Lipinski definition) is 0. The predicted molar refractivity (Wildman–Crippen MR) is 121 cm³/mol. The lowest BCUT2D eigenvalue weighted by Gasteiger charge is -2.26. The van der Waals surface area contributed by atoms with Gasteiger partial charge in [0.1, 0.15) is 11.4 Å². The number of fused-ring (bicyclic) bond motifs is 3. The number of carbonyl (C=O) groups is 1. The van der Waals surface area contributed by atoms with Gasteiger partial charge in [0.25, 0.3) is 0 Å². The third-order valence-corrected chi connectivity index (χ3v) is 6.26. The Kier molecular flexibility index (Phi) is 4.91. The van der Waals surface area contributed by atoms with Crippen molar-refractivity contribution in [1.82, 2.24) is 18.9 Å². The number of aromatic nitrogens is 3. The van der Waals surface area contributed by atoms with Gasteiger partial charge >= 0.3 is 0 Å². The first-order chi connectivity index (χ1) is 14.6. The number of aryl methyl sites for hydroxylation is 1. The average molecular weight is 401 g/mol. The summed E-state index contributed by atoms with van der Waals surface area (Å²) in [6.07, 6.45) is 3.92. The van der Waals surface area contributed by atoms with Crippen molar-refractivity contribution in [2.45, 2.75) is 39.7 Å². The van der Waals surface area contributed by atoms with E-state index in [0.717, 1.165) is 41.2 Å². The van der Waals surface area contributed by atoms with Crippen LogP contribution in [0.1, 0.15) is 42.2 Å². The number of rotatable bonds is 5. The van der Waals surface area contributed by atoms with Crippen LogP contribution in [0.2, 0.25) is 0 Å². The summed E-state index contributed by atoms with van der Waals surface area (Å²) in [6, 6.07) is 16.6. The van der Waals surface area contributed by atoms with Crippen molar-refractivity contribution in [1.29, 1.82) is 0 Å². The van der Waals surface area contributed by atoms with Crippen LogP contribution in [0.4, 0.5) is 0 Å². The van der Waals surface area contributed by atoms with Crippen LogP contribution >= 0.6 is 0 Å². The van der Waals surface area contributed by atoms with E-state index in [9.17, 15) is 4.79 Å². The third-order valence-electron chi connectivity index (χ3n) is 6.26. The molecule has 30 heavy (non-hydrogen) atoms. The van der Waals surface area contributed by atoms with E-state index < -0.39 is 0 Å². The van der Waals surface area contributed by atoms with E-state index in [4.69, 9.17) is 4.98 Å². The van der Waals surface area contributed by atoms with E-state index in [1.807, 2.05) is 6.07 Å². The molecule has 0 saturated carbocycles. The maximum absolute atomic E-state index is 12.8. The fourth-order valence-corrected chi connectivity index (χ4v) is 4.69. The number of likely N-dealkylation sites (tertiary alicyclic amines) is 1. The van der Waals surface area contributed by atoms with Gasteiger partial charge in [0.2, 0.25) is 5.78 Å². The van der Waals surface area contributed by atoms with Crippen LogP contribution in [0, 0.1) is 6.92 Å². The average Bonchev–Trinajstić information content (AvgIpc) is 3.29. The van der Waals surface area contributed by atoms with Crippen LogP contribution in [0.5, 0.6) is 0 Å². The smallest absolute Gasteiger partial charge is 0.216 e. The molecule has 0 amide bonds. The molecule has 5 nitrogen and oxygen atoms in total. The largest absolute Gasteiger partial charge is 0.308 e. The van der Waals surface area contributed by atoms with Crippen LogP contribution < -0.4 is 0 Å². The Morgan fingerprint density at radius 2 is 1.63 bits per heavy atom. The monoisotopic (exact) mass is 400 g/mol. The molecule has 1 fully saturated rings. The maximum atomic E-state index is 12.8. The standard InChI is InChI=1S/C25H28N4O/c1-18-10-12-20(13-11-18)23-24(19(2)30)29-22-9-5-4-8-21(22)28(25(29)26-23)17-16-27-14-6-3-7-15-27/h4-5,8-13H,3,6-7,14-17H2,1-2H3. The lowest BCUT2D eigenvalue weighted by atomic mass is 10.1. The molecule has 1 aliphatic rings. The van der Waals surface area contributed by atoms with Crippen molar-refractivity contribution in [3.8, 4) is 11.3 Å². The van der Waals surface area contributed by atoms with E-state index in [1.54, 1.807) is 6.92 Å². The number of benzene rings is 2. The van der Waals surface area contributed by atoms with Crippen molar-refractivity contribution < 1.29 is 4.79 Å². The summed E-state index contributed by atoms with van der Waals surface area (Å²) in [7, 11) is 0. The molecule has 1 aliphatic heterocycles. The summed E-state index contributed by atoms with van der Waals surface area (Å²) in [6.45, 7) is 7.95. The Bertz CT molecular complexity index is 1210. The second-order valence-corrected chi connectivity index (χ2v) is 8.41. The molecule has 4 aromatic rings. The van der Waals surface area contributed by atoms with Gasteiger partial charge in [0.05, 0.1) is 11.0 Å². The summed E-state index contributed by atoms with van der Waals surface area (Å²) in [5, 5.41) is 0. The molecule has 0 atom stereocenters. The zero-order valence-corrected chi connectivity index (χ0v) is 17.8. The van der Waals surface area contributed by atoms with Crippen molar-refractivity contribution in [2.75, 3.05) is 19.6 Å². The first-order valence-electron chi connectivity index (χ1n) is 10.9. The Hall–Kier alpha value is -2.92. The molecular weight excluding hydrogens is 372 g/mol. The minimum absolute atomic E-state index is 0.0389. The van der Waals surface area contributed by atoms with Crippen molar-refractivity contribution in [3.05, 3.63) is 59.8 Å². The second kappa shape index (κ2) is 7.73. The van der Waals surface area contributed by atoms with Crippen LogP contribution in [0.25, 0.3) is 28.1 Å². The lowest BCUT2D eigenvalue weighted by Crippen LogP contribution is -2.32. The number of para-hydroxylation sites is 2. The summed E-state index contributed by atoms with van der Waals surface area (Å²) in [4.78, 5) is 20.3. The Morgan fingerprint density at radius 3 is 2.33 bits per heavy atom. The Morgan fingerprint density at radius 1 is 0.933 bits per heavy atom. The molecule has 3 heterocycles. The fourth-order valence-electron chi connectivity index (χ4n) is 4.69. The maximum Gasteiger partial charge on any atom is 0.216 e. The molecule has 2 aromatic heterocycles. The van der Waals surface area contributed by atoms with Crippen molar-refractivity contribution >= 4 is 22.6 Å². The SMILES string of the molecule is CC(=O)c1c(-c2ccc(C)cc2)nc2n(CCN3CCCCC3)c3ccccc3n12. The molecule has 0 unspecified atom stereocenters. The van der Waals surface area contributed by atoms with Crippen LogP contribution in [0.3, 0.4) is 0 Å². The zero-order chi connectivity index (χ0) is 20.7. The van der Waals surface area contributed by atoms with Gasteiger partial charge < -0.3 is 9.47 Å². The number of hydrogen-bond acceptors (Lipinski definition) is 3. The predicted octanol–water partition coefficient (Wildman–Crippen LogP) is 4.95. The number of piperidine rings is 1. The molecule has 1 saturated heterocycles. The zero-order valence-electron chi connectivity index (χ0n) is 17.8. The normalized spacial score (nSPS) is 15.3. The van der Waals surface area contributed by atoms with Crippen LogP contribution in [-0.4, -0.2) is 44.3 Å². The van der Waals surface area contributed by atoms with Gasteiger partial charge in [-0.05, 0) is 45.0 Å². The highest BCUT2D eigenvalue weighted by Gasteiger charge is 2.23. The number of ketones is 1. The first-order valence-corrected chi connectivity index (χ1v) is 10.9. The number of carbonyl (C=O) groups excluding carboxylic acids is 1. The van der Waals surface area contributed by atoms with Crippen LogP contribution in [0.15, 0.2) is 48.5 Å². The summed E-state index contributed by atoms with van der Waals surface area (Å²) in [5.74, 6) is 0.894. The van der Waals surface area contributed by atoms with Crippen molar-refractivity contribution in [3.63, 3.8) is 0 Å². The van der Waals surface area contributed by atoms with E-state index in [2.05, 4.69) is 63.3 Å². The number of Topliss-reactive ketones (excluding diaryl/α,β-unsaturated/α-hetero) is 1. The molecule has 154 valence electrons. The molecule has 5 rings (SSSR count). The topological polar surface area (TPSA) is 42.5 Å². The first kappa shape index (κ1) is 19.1. The van der Waals surface area contributed by atoms with Gasteiger partial charge in [-0.3, -0.25) is 9.20 Å². The van der Waals surface area contributed by atoms with E-state index >= 15 is 0 Å². The molecule has 0 bridgehead atoms. The summed E-state index contributed by atoms with van der Waals surface area (Å²) >= 11 is 0. The third kappa shape index (κ3) is 3.23. The van der Waals surface area contributed by atoms with Gasteiger partial charge in [-0.2, -0.15) is 0 Å². The second-order valence-electron chi connectivity index (χ2n) is 8.41. The highest BCUT2D eigenvalue weighted by Crippen LogP contribution is 2.30. The van der Waals surface area contributed by atoms with Gasteiger partial charge in [-0.1, -0.05) is 48.4 Å². The van der Waals surface area contributed by atoms with Crippen LogP contribution in [-0.2, 0) is 6.54 Å². The molecule has 0 aliphatic carbocycles. The van der Waals surface area contributed by atoms with Gasteiger partial charge in [0, 0.05) is 25.6 Å². The van der Waals surface area contributed by atoms with Gasteiger partial charge in [-0.15, -0.1) is 0 Å². The molecule has 2 aromatic carbocycles. The Labute approximate surface area is 176 Å². The van der Waals surface area contributed by atoms with Crippen molar-refractivity contribution in [2.24, 2.45) is 0 Å². The highest BCUT2D eigenvalue weighted by molar-refractivity contribution is 6.01. The van der Waals surface area contributed by atoms with E-state index in [0.29, 0.717) is 5.69 Å². The minimum Gasteiger partial charge on any atom is -0.308 e. The molecule has 0 radical (unpaired) electrons. The molecule has 5 heteroatoms. The summed E-state index contributed by atoms with van der Waals surface area (Å²) in [5.41, 5.74) is 5.80. The van der Waals surface area contributed by atoms with Gasteiger partial charge in [0.15, 0.2) is 5.78 Å². The number of imidazole rings is 2. The number of nitrogens with zero attached hydrogens (tertiary/aromatic N) is 4. The van der Waals surface area contributed by atoms with E-state index in [1.165, 1.54) is 37.9 Å². The minimum atomic E-state index is 0.0389. The Balaban J connectivity index is 1.67. The lowest BCUT2D eigenvalue weighted by molar-refractivity contribution is 0.101. The highest BCUT2D eigenvalue weighted by atomic mass is 16.1. The van der Waals surface area contributed by atoms with E-state index in [-0.39, 0.29) is 5.78 Å². The molecular formula is C25H28N4O. The summed E-state index contributed by atoms with van der Waals surface area (Å²) < 4.78 is 4.34. The molecule has 0 N–H and O–H groups in total. The molecule has 0 spiro atoms. The van der Waals surface area contributed by atoms with Gasteiger partial charge in [-0.25, -0.2) is 4.98 Å². The fraction of sp³-hybridized carbons (Fsp3) is 0.360. The quantitative estimate of drug-likeness (QED) is 0.445.